The second-order valence-electron chi connectivity index (χ2n) is 8.31. The van der Waals surface area contributed by atoms with Gasteiger partial charge in [0.05, 0.1) is 27.2 Å². The molecule has 2 aromatic carbocycles. The predicted molar refractivity (Wildman–Crippen MR) is 117 cm³/mol. The van der Waals surface area contributed by atoms with Crippen molar-refractivity contribution in [1.29, 1.82) is 0 Å². The number of aliphatic hydroxyl groups excluding tert-OH is 1. The van der Waals surface area contributed by atoms with Crippen molar-refractivity contribution in [2.45, 2.75) is 32.0 Å². The Bertz CT molecular complexity index is 868. The lowest BCUT2D eigenvalue weighted by Gasteiger charge is -2.32. The first-order valence-electron chi connectivity index (χ1n) is 10.3. The quantitative estimate of drug-likeness (QED) is 0.284. The lowest BCUT2D eigenvalue weighted by molar-refractivity contribution is -0.892. The number of amides is 1. The van der Waals surface area contributed by atoms with Crippen LogP contribution in [0.15, 0.2) is 42.5 Å². The van der Waals surface area contributed by atoms with Gasteiger partial charge in [0.25, 0.3) is 5.09 Å². The minimum Gasteiger partial charge on any atom is -0.490 e. The van der Waals surface area contributed by atoms with E-state index in [1.807, 2.05) is 56.6 Å². The smallest absolute Gasteiger partial charge is 0.294 e. The van der Waals surface area contributed by atoms with Crippen LogP contribution in [0.25, 0.3) is 10.8 Å². The number of likely N-dealkylation sites (N-methyl/N-ethyl adjacent to an activating group) is 1. The molecule has 9 nitrogen and oxygen atoms in total. The molecule has 31 heavy (non-hydrogen) atoms. The molecule has 2 atom stereocenters. The Kier molecular flexibility index (Phi) is 9.02. The average Bonchev–Trinajstić information content (AvgIpc) is 2.69. The van der Waals surface area contributed by atoms with Crippen LogP contribution in [0, 0.1) is 10.1 Å². The Morgan fingerprint density at radius 2 is 1.94 bits per heavy atom. The lowest BCUT2D eigenvalue weighted by Crippen LogP contribution is -2.50. The number of rotatable bonds is 13. The molecule has 170 valence electrons. The van der Waals surface area contributed by atoms with E-state index < -0.39 is 17.3 Å². The van der Waals surface area contributed by atoms with Gasteiger partial charge in [-0.25, -0.2) is 0 Å². The molecule has 2 aromatic rings. The van der Waals surface area contributed by atoms with Crippen LogP contribution in [-0.4, -0.2) is 73.1 Å². The number of quaternary nitrogens is 1. The number of nitrogens with zero attached hydrogens (tertiary/aromatic N) is 2. The predicted octanol–water partition coefficient (Wildman–Crippen LogP) is 2.15. The number of benzene rings is 2. The van der Waals surface area contributed by atoms with Gasteiger partial charge in [-0.1, -0.05) is 36.4 Å². The van der Waals surface area contributed by atoms with Crippen LogP contribution in [0.2, 0.25) is 0 Å². The Morgan fingerprint density at radius 1 is 1.23 bits per heavy atom. The fourth-order valence-electron chi connectivity index (χ4n) is 3.34. The third-order valence-corrected chi connectivity index (χ3v) is 4.97. The molecule has 0 spiro atoms. The highest BCUT2D eigenvalue weighted by Gasteiger charge is 2.21. The molecule has 0 aliphatic rings. The number of aliphatic hydroxyl groups is 1. The molecule has 0 aliphatic carbocycles. The fraction of sp³-hybridized carbons (Fsp3) is 0.500. The van der Waals surface area contributed by atoms with Crippen molar-refractivity contribution in [2.24, 2.45) is 0 Å². The number of nitrogens with one attached hydrogen (secondary N) is 1. The number of carbonyl (C=O) groups excluding carboxylic acids is 1. The van der Waals surface area contributed by atoms with Gasteiger partial charge in [-0.15, -0.1) is 10.1 Å². The third kappa shape index (κ3) is 8.77. The summed E-state index contributed by atoms with van der Waals surface area (Å²) in [7, 11) is 3.95. The minimum atomic E-state index is -0.849. The minimum absolute atomic E-state index is 0.157. The number of hydrogen-bond donors (Lipinski definition) is 2. The molecule has 2 unspecified atom stereocenters. The van der Waals surface area contributed by atoms with Gasteiger partial charge < -0.3 is 24.5 Å². The Labute approximate surface area is 182 Å². The molecule has 0 aliphatic heterocycles. The zero-order chi connectivity index (χ0) is 22.9. The zero-order valence-electron chi connectivity index (χ0n) is 18.3. The van der Waals surface area contributed by atoms with Gasteiger partial charge in [0.2, 0.25) is 5.91 Å². The van der Waals surface area contributed by atoms with E-state index in [1.54, 1.807) is 6.92 Å². The summed E-state index contributed by atoms with van der Waals surface area (Å²) in [5.74, 6) is 0.559. The molecule has 0 bridgehead atoms. The largest absolute Gasteiger partial charge is 0.490 e. The lowest BCUT2D eigenvalue weighted by atomic mass is 10.1. The first kappa shape index (κ1) is 24.4. The maximum atomic E-state index is 11.9. The van der Waals surface area contributed by atoms with Crippen LogP contribution in [-0.2, 0) is 9.63 Å². The van der Waals surface area contributed by atoms with Crippen molar-refractivity contribution < 1.29 is 29.0 Å². The van der Waals surface area contributed by atoms with Crippen LogP contribution in [0.3, 0.4) is 0 Å². The molecule has 2 rings (SSSR count). The van der Waals surface area contributed by atoms with E-state index in [-0.39, 0.29) is 25.4 Å². The van der Waals surface area contributed by atoms with Crippen molar-refractivity contribution in [3.05, 3.63) is 52.6 Å². The maximum Gasteiger partial charge on any atom is 0.294 e. The summed E-state index contributed by atoms with van der Waals surface area (Å²) in [6, 6.07) is 13.8. The molecular weight excluding hydrogens is 402 g/mol. The van der Waals surface area contributed by atoms with Gasteiger partial charge in [0.15, 0.2) is 0 Å². The van der Waals surface area contributed by atoms with Gasteiger partial charge in [0.1, 0.15) is 31.1 Å². The SMILES string of the molecule is CC(CCC(=O)NCC[N+](C)(C)CC(O)COc1cccc2ccccc12)O[N+](=O)[O-]. The third-order valence-electron chi connectivity index (χ3n) is 4.97. The summed E-state index contributed by atoms with van der Waals surface area (Å²) < 4.78 is 6.36. The number of hydrogen-bond acceptors (Lipinski definition) is 6. The van der Waals surface area contributed by atoms with Gasteiger partial charge in [-0.2, -0.15) is 0 Å². The molecule has 0 radical (unpaired) electrons. The summed E-state index contributed by atoms with van der Waals surface area (Å²) in [4.78, 5) is 26.5. The highest BCUT2D eigenvalue weighted by atomic mass is 17.0. The maximum absolute atomic E-state index is 11.9. The van der Waals surface area contributed by atoms with E-state index in [1.165, 1.54) is 0 Å². The normalized spacial score (nSPS) is 13.4. The summed E-state index contributed by atoms with van der Waals surface area (Å²) in [6.07, 6.45) is -0.853. The van der Waals surface area contributed by atoms with Gasteiger partial charge in [-0.05, 0) is 24.8 Å². The Balaban J connectivity index is 1.71. The number of fused-ring (bicyclic) bond motifs is 1. The van der Waals surface area contributed by atoms with Crippen molar-refractivity contribution in [2.75, 3.05) is 40.3 Å². The molecule has 0 heterocycles. The van der Waals surface area contributed by atoms with Gasteiger partial charge in [0, 0.05) is 11.8 Å². The summed E-state index contributed by atoms with van der Waals surface area (Å²) in [5.41, 5.74) is 0. The molecule has 9 heteroatoms. The number of carbonyl (C=O) groups is 1. The van der Waals surface area contributed by atoms with Crippen LogP contribution < -0.4 is 10.1 Å². The van der Waals surface area contributed by atoms with Crippen molar-refractivity contribution >= 4 is 16.7 Å². The van der Waals surface area contributed by atoms with E-state index in [0.29, 0.717) is 24.1 Å². The van der Waals surface area contributed by atoms with Crippen LogP contribution >= 0.6 is 0 Å². The average molecular weight is 435 g/mol. The highest BCUT2D eigenvalue weighted by molar-refractivity contribution is 5.88. The van der Waals surface area contributed by atoms with Gasteiger partial charge >= 0.3 is 0 Å². The van der Waals surface area contributed by atoms with Crippen molar-refractivity contribution in [3.8, 4) is 5.75 Å². The first-order chi connectivity index (χ1) is 14.7. The topological polar surface area (TPSA) is 111 Å². The molecule has 2 N–H and O–H groups in total. The van der Waals surface area contributed by atoms with Crippen LogP contribution in [0.1, 0.15) is 19.8 Å². The van der Waals surface area contributed by atoms with Crippen LogP contribution in [0.4, 0.5) is 0 Å². The van der Waals surface area contributed by atoms with Gasteiger partial charge in [-0.3, -0.25) is 4.79 Å². The van der Waals surface area contributed by atoms with Crippen molar-refractivity contribution in [1.82, 2.24) is 5.32 Å². The second kappa shape index (κ2) is 11.5. The molecule has 1 amide bonds. The van der Waals surface area contributed by atoms with Crippen LogP contribution in [0.5, 0.6) is 5.75 Å². The number of ether oxygens (including phenoxy) is 1. The van der Waals surface area contributed by atoms with E-state index in [9.17, 15) is 20.0 Å². The van der Waals surface area contributed by atoms with E-state index >= 15 is 0 Å². The van der Waals surface area contributed by atoms with Crippen molar-refractivity contribution in [3.63, 3.8) is 0 Å². The fourth-order valence-corrected chi connectivity index (χ4v) is 3.34. The summed E-state index contributed by atoms with van der Waals surface area (Å²) in [5, 5.41) is 24.8. The summed E-state index contributed by atoms with van der Waals surface area (Å²) >= 11 is 0. The molecule has 0 saturated carbocycles. The molecule has 0 aromatic heterocycles. The summed E-state index contributed by atoms with van der Waals surface area (Å²) in [6.45, 7) is 3.26. The Morgan fingerprint density at radius 3 is 2.68 bits per heavy atom. The Hall–Kier alpha value is -2.91. The molecule has 0 saturated heterocycles. The standard InChI is InChI=1S/C22H31N3O6/c1-17(31-24(28)29)11-12-22(27)23-13-14-25(2,3)15-19(26)16-30-21-10-6-8-18-7-4-5-9-20(18)21/h4-10,17,19,26H,11-16H2,1-3H3/p+1. The zero-order valence-corrected chi connectivity index (χ0v) is 18.3. The monoisotopic (exact) mass is 434 g/mol. The first-order valence-corrected chi connectivity index (χ1v) is 10.3. The highest BCUT2D eigenvalue weighted by Crippen LogP contribution is 2.25. The van der Waals surface area contributed by atoms with E-state index in [2.05, 4.69) is 10.2 Å². The van der Waals surface area contributed by atoms with E-state index in [4.69, 9.17) is 4.74 Å². The second-order valence-corrected chi connectivity index (χ2v) is 8.31. The molecular formula is C22H32N3O6+. The molecule has 0 fully saturated rings. The van der Waals surface area contributed by atoms with E-state index in [0.717, 1.165) is 16.5 Å².